The van der Waals surface area contributed by atoms with Gasteiger partial charge in [-0.2, -0.15) is 18.3 Å². The quantitative estimate of drug-likeness (QED) is 0.755. The lowest BCUT2D eigenvalue weighted by Gasteiger charge is -2.34. The first-order chi connectivity index (χ1) is 13.8. The Kier molecular flexibility index (Phi) is 7.41. The number of ether oxygens (including phenoxy) is 1. The first kappa shape index (κ1) is 24.0. The minimum absolute atomic E-state index is 0.145. The van der Waals surface area contributed by atoms with Crippen LogP contribution in [0.2, 0.25) is 0 Å². The van der Waals surface area contributed by atoms with Crippen LogP contribution in [-0.2, 0) is 10.9 Å². The highest BCUT2D eigenvalue weighted by atomic mass is 19.4. The molecular formula is C20H31F3N4O3. The Bertz CT molecular complexity index is 753. The number of aromatic nitrogens is 2. The summed E-state index contributed by atoms with van der Waals surface area (Å²) in [5.74, 6) is -0.652. The van der Waals surface area contributed by atoms with Crippen molar-refractivity contribution in [2.45, 2.75) is 71.7 Å². The van der Waals surface area contributed by atoms with Gasteiger partial charge in [0, 0.05) is 25.7 Å². The fourth-order valence-corrected chi connectivity index (χ4v) is 3.48. The summed E-state index contributed by atoms with van der Waals surface area (Å²) in [6.07, 6.45) is -1.82. The van der Waals surface area contributed by atoms with Gasteiger partial charge in [-0.1, -0.05) is 0 Å². The minimum atomic E-state index is -4.68. The van der Waals surface area contributed by atoms with Crippen molar-refractivity contribution in [2.75, 3.05) is 19.6 Å². The highest BCUT2D eigenvalue weighted by Crippen LogP contribution is 2.33. The number of likely N-dealkylation sites (tertiary alicyclic amines) is 1. The highest BCUT2D eigenvalue weighted by Gasteiger charge is 2.40. The van der Waals surface area contributed by atoms with E-state index in [0.717, 1.165) is 23.7 Å². The molecule has 1 aromatic heterocycles. The number of alkyl halides is 3. The first-order valence-electron chi connectivity index (χ1n) is 10.2. The third-order valence-corrected chi connectivity index (χ3v) is 4.81. The molecule has 1 fully saturated rings. The molecule has 0 radical (unpaired) electrons. The predicted octanol–water partition coefficient (Wildman–Crippen LogP) is 4.25. The van der Waals surface area contributed by atoms with Gasteiger partial charge in [-0.15, -0.1) is 0 Å². The Balaban J connectivity index is 1.93. The van der Waals surface area contributed by atoms with E-state index in [0.29, 0.717) is 19.5 Å². The first-order valence-corrected chi connectivity index (χ1v) is 10.2. The maximum absolute atomic E-state index is 13.4. The average Bonchev–Trinajstić information content (AvgIpc) is 3.06. The van der Waals surface area contributed by atoms with Gasteiger partial charge >= 0.3 is 12.3 Å². The van der Waals surface area contributed by atoms with Gasteiger partial charge in [0.2, 0.25) is 0 Å². The summed E-state index contributed by atoms with van der Waals surface area (Å²) >= 11 is 0. The minimum Gasteiger partial charge on any atom is -0.444 e. The zero-order chi connectivity index (χ0) is 22.7. The molecule has 2 heterocycles. The fourth-order valence-electron chi connectivity index (χ4n) is 3.48. The van der Waals surface area contributed by atoms with Crippen molar-refractivity contribution in [1.29, 1.82) is 0 Å². The lowest BCUT2D eigenvalue weighted by molar-refractivity contribution is -0.145. The van der Waals surface area contributed by atoms with Crippen molar-refractivity contribution in [2.24, 2.45) is 5.92 Å². The molecule has 1 aromatic rings. The van der Waals surface area contributed by atoms with E-state index in [-0.39, 0.29) is 18.6 Å². The van der Waals surface area contributed by atoms with Crippen LogP contribution < -0.4 is 5.32 Å². The molecule has 30 heavy (non-hydrogen) atoms. The van der Waals surface area contributed by atoms with Crippen molar-refractivity contribution in [1.82, 2.24) is 20.0 Å². The lowest BCUT2D eigenvalue weighted by atomic mass is 9.95. The summed E-state index contributed by atoms with van der Waals surface area (Å²) in [7, 11) is 0. The summed E-state index contributed by atoms with van der Waals surface area (Å²) in [6.45, 7) is 9.89. The Morgan fingerprint density at radius 1 is 1.30 bits per heavy atom. The van der Waals surface area contributed by atoms with Gasteiger partial charge in [0.25, 0.3) is 5.91 Å². The van der Waals surface area contributed by atoms with Crippen LogP contribution in [0.15, 0.2) is 6.20 Å². The fraction of sp³-hybridized carbons (Fsp3) is 0.750. The van der Waals surface area contributed by atoms with E-state index in [1.54, 1.807) is 39.5 Å². The maximum atomic E-state index is 13.4. The smallest absolute Gasteiger partial charge is 0.433 e. The van der Waals surface area contributed by atoms with Crippen molar-refractivity contribution >= 4 is 12.0 Å². The molecule has 0 saturated carbocycles. The van der Waals surface area contributed by atoms with Gasteiger partial charge in [-0.05, 0) is 59.8 Å². The summed E-state index contributed by atoms with van der Waals surface area (Å²) in [4.78, 5) is 26.3. The maximum Gasteiger partial charge on any atom is 0.433 e. The van der Waals surface area contributed by atoms with E-state index in [1.807, 2.05) is 0 Å². The van der Waals surface area contributed by atoms with Crippen molar-refractivity contribution in [3.8, 4) is 0 Å². The molecule has 1 aliphatic heterocycles. The van der Waals surface area contributed by atoms with Crippen LogP contribution >= 0.6 is 0 Å². The van der Waals surface area contributed by atoms with Crippen LogP contribution in [0, 0.1) is 5.92 Å². The molecule has 0 bridgehead atoms. The Morgan fingerprint density at radius 3 is 2.53 bits per heavy atom. The lowest BCUT2D eigenvalue weighted by Crippen LogP contribution is -2.43. The number of carbonyl (C=O) groups excluding carboxylic acids is 2. The molecule has 170 valence electrons. The molecule has 0 spiro atoms. The standard InChI is InChI=1S/C20H31F3N4O3/c1-13(2)27-16(20(21,22)23)15(11-25-27)17(28)24-9-8-14-7-6-10-26(12-14)18(29)30-19(3,4)5/h11,13-14H,6-10,12H2,1-5H3,(H,24,28). The second-order valence-electron chi connectivity index (χ2n) is 8.92. The number of halogens is 3. The second-order valence-corrected chi connectivity index (χ2v) is 8.92. The zero-order valence-electron chi connectivity index (χ0n) is 18.2. The summed E-state index contributed by atoms with van der Waals surface area (Å²) in [5.41, 5.74) is -2.09. The van der Waals surface area contributed by atoms with E-state index in [1.165, 1.54) is 0 Å². The molecule has 1 saturated heterocycles. The number of nitrogens with zero attached hydrogens (tertiary/aromatic N) is 3. The predicted molar refractivity (Wildman–Crippen MR) is 105 cm³/mol. The largest absolute Gasteiger partial charge is 0.444 e. The van der Waals surface area contributed by atoms with Crippen LogP contribution in [0.5, 0.6) is 0 Å². The Hall–Kier alpha value is -2.26. The van der Waals surface area contributed by atoms with Gasteiger partial charge in [-0.25, -0.2) is 4.79 Å². The van der Waals surface area contributed by atoms with Gasteiger partial charge in [0.15, 0.2) is 5.69 Å². The van der Waals surface area contributed by atoms with Crippen LogP contribution in [-0.4, -0.2) is 51.9 Å². The van der Waals surface area contributed by atoms with Crippen LogP contribution in [0.1, 0.15) is 76.0 Å². The molecule has 1 N–H and O–H groups in total. The molecule has 1 atom stereocenters. The summed E-state index contributed by atoms with van der Waals surface area (Å²) in [5, 5.41) is 6.30. The Morgan fingerprint density at radius 2 is 1.97 bits per heavy atom. The van der Waals surface area contributed by atoms with Crippen LogP contribution in [0.3, 0.4) is 0 Å². The van der Waals surface area contributed by atoms with E-state index in [9.17, 15) is 22.8 Å². The summed E-state index contributed by atoms with van der Waals surface area (Å²) in [6, 6.07) is -0.524. The van der Waals surface area contributed by atoms with Crippen molar-refractivity contribution in [3.05, 3.63) is 17.5 Å². The summed E-state index contributed by atoms with van der Waals surface area (Å²) < 4.78 is 46.5. The van der Waals surface area contributed by atoms with E-state index in [4.69, 9.17) is 4.74 Å². The zero-order valence-corrected chi connectivity index (χ0v) is 18.2. The number of rotatable bonds is 5. The number of hydrogen-bond acceptors (Lipinski definition) is 4. The monoisotopic (exact) mass is 432 g/mol. The molecule has 10 heteroatoms. The molecule has 7 nitrogen and oxygen atoms in total. The molecule has 1 aliphatic rings. The topological polar surface area (TPSA) is 76.5 Å². The van der Waals surface area contributed by atoms with Crippen LogP contribution in [0.4, 0.5) is 18.0 Å². The van der Waals surface area contributed by atoms with Crippen LogP contribution in [0.25, 0.3) is 0 Å². The number of piperidine rings is 1. The molecule has 1 unspecified atom stereocenters. The normalized spacial score (nSPS) is 17.9. The molecule has 2 amide bonds. The molecule has 0 aliphatic carbocycles. The van der Waals surface area contributed by atoms with Gasteiger partial charge < -0.3 is 15.0 Å². The average molecular weight is 432 g/mol. The van der Waals surface area contributed by atoms with E-state index >= 15 is 0 Å². The van der Waals surface area contributed by atoms with Crippen molar-refractivity contribution < 1.29 is 27.5 Å². The highest BCUT2D eigenvalue weighted by molar-refractivity contribution is 5.95. The van der Waals surface area contributed by atoms with Gasteiger partial charge in [-0.3, -0.25) is 9.48 Å². The second kappa shape index (κ2) is 9.26. The van der Waals surface area contributed by atoms with Gasteiger partial charge in [0.05, 0.1) is 11.8 Å². The number of amides is 2. The number of nitrogens with one attached hydrogen (secondary N) is 1. The molecular weight excluding hydrogens is 401 g/mol. The van der Waals surface area contributed by atoms with Crippen molar-refractivity contribution in [3.63, 3.8) is 0 Å². The number of carbonyl (C=O) groups is 2. The third-order valence-electron chi connectivity index (χ3n) is 4.81. The number of hydrogen-bond donors (Lipinski definition) is 1. The molecule has 0 aromatic carbocycles. The van der Waals surface area contributed by atoms with E-state index < -0.39 is 35.0 Å². The third kappa shape index (κ3) is 6.37. The SMILES string of the molecule is CC(C)n1ncc(C(=O)NCCC2CCCN(C(=O)OC(C)(C)C)C2)c1C(F)(F)F. The molecule has 2 rings (SSSR count). The van der Waals surface area contributed by atoms with Gasteiger partial charge in [0.1, 0.15) is 5.60 Å². The Labute approximate surface area is 174 Å². The van der Waals surface area contributed by atoms with E-state index in [2.05, 4.69) is 10.4 Å².